The Balaban J connectivity index is 2.77. The number of ether oxygens (including phenoxy) is 1. The Hall–Kier alpha value is -1.79. The molecule has 1 saturated carbocycles. The maximum Gasteiger partial charge on any atom is 0.334 e. The predicted octanol–water partition coefficient (Wildman–Crippen LogP) is 2.52. The number of imide groups is 1. The van der Waals surface area contributed by atoms with Crippen LogP contribution >= 0.6 is 0 Å². The highest BCUT2D eigenvalue weighted by Crippen LogP contribution is 2.31. The maximum absolute atomic E-state index is 12.4. The van der Waals surface area contributed by atoms with Crippen LogP contribution in [0, 0.1) is 17.2 Å². The molecule has 7 heteroatoms. The summed E-state index contributed by atoms with van der Waals surface area (Å²) in [6.07, 6.45) is 1.75. The molecule has 7 nitrogen and oxygen atoms in total. The number of amides is 4. The minimum atomic E-state index is -0.670. The normalized spacial score (nSPS) is 24.5. The van der Waals surface area contributed by atoms with Crippen LogP contribution in [0.5, 0.6) is 0 Å². The number of rotatable bonds is 1. The number of carbonyl (C=O) groups is 2. The molecule has 1 aliphatic rings. The van der Waals surface area contributed by atoms with E-state index in [0.717, 1.165) is 12.8 Å². The van der Waals surface area contributed by atoms with E-state index in [9.17, 15) is 9.59 Å². The lowest BCUT2D eigenvalue weighted by molar-refractivity contribution is 0.186. The second-order valence-corrected chi connectivity index (χ2v) is 7.10. The van der Waals surface area contributed by atoms with Gasteiger partial charge in [-0.1, -0.05) is 13.8 Å². The van der Waals surface area contributed by atoms with E-state index in [-0.39, 0.29) is 6.04 Å². The summed E-state index contributed by atoms with van der Waals surface area (Å²) in [5, 5.41) is 13.2. The highest BCUT2D eigenvalue weighted by molar-refractivity contribution is 6.08. The number of urea groups is 2. The van der Waals surface area contributed by atoms with E-state index in [1.54, 1.807) is 20.8 Å². The van der Waals surface area contributed by atoms with E-state index in [2.05, 4.69) is 24.5 Å². The molecule has 2 atom stereocenters. The van der Waals surface area contributed by atoms with Gasteiger partial charge in [0.05, 0.1) is 7.11 Å². The van der Waals surface area contributed by atoms with Crippen molar-refractivity contribution in [1.82, 2.24) is 15.5 Å². The smallest absolute Gasteiger partial charge is 0.334 e. The average molecular weight is 312 g/mol. The molecule has 0 saturated heterocycles. The molecule has 0 aromatic carbocycles. The molecule has 2 unspecified atom stereocenters. The highest BCUT2D eigenvalue weighted by Gasteiger charge is 2.34. The SMILES string of the molecule is COC(=N)N(C(=O)NC1CC(C)C(C)C1)C(=O)NC(C)(C)C. The predicted molar refractivity (Wildman–Crippen MR) is 84.7 cm³/mol. The van der Waals surface area contributed by atoms with Crippen molar-refractivity contribution in [1.29, 1.82) is 5.41 Å². The number of hydrogen-bond acceptors (Lipinski definition) is 4. The summed E-state index contributed by atoms with van der Waals surface area (Å²) in [6, 6.07) is -1.78. The molecule has 1 aliphatic carbocycles. The molecular weight excluding hydrogens is 284 g/mol. The molecule has 1 fully saturated rings. The quantitative estimate of drug-likeness (QED) is 0.513. The van der Waals surface area contributed by atoms with Gasteiger partial charge in [0, 0.05) is 11.6 Å². The van der Waals surface area contributed by atoms with Crippen molar-refractivity contribution < 1.29 is 14.3 Å². The molecule has 0 radical (unpaired) electrons. The van der Waals surface area contributed by atoms with Gasteiger partial charge in [0.25, 0.3) is 0 Å². The van der Waals surface area contributed by atoms with Crippen molar-refractivity contribution in [3.8, 4) is 0 Å². The third-order valence-electron chi connectivity index (χ3n) is 3.90. The average Bonchev–Trinajstić information content (AvgIpc) is 2.65. The van der Waals surface area contributed by atoms with Gasteiger partial charge >= 0.3 is 18.1 Å². The van der Waals surface area contributed by atoms with Gasteiger partial charge in [-0.2, -0.15) is 4.90 Å². The van der Waals surface area contributed by atoms with E-state index in [1.165, 1.54) is 7.11 Å². The molecular formula is C15H28N4O3. The summed E-state index contributed by atoms with van der Waals surface area (Å²) in [7, 11) is 1.26. The van der Waals surface area contributed by atoms with E-state index in [1.807, 2.05) is 0 Å². The summed E-state index contributed by atoms with van der Waals surface area (Å²) in [4.78, 5) is 25.3. The topological polar surface area (TPSA) is 94.5 Å². The first-order valence-electron chi connectivity index (χ1n) is 7.60. The van der Waals surface area contributed by atoms with Gasteiger partial charge in [-0.15, -0.1) is 0 Å². The van der Waals surface area contributed by atoms with Crippen LogP contribution in [0.2, 0.25) is 0 Å². The van der Waals surface area contributed by atoms with Crippen LogP contribution in [0.4, 0.5) is 9.59 Å². The largest absolute Gasteiger partial charge is 0.468 e. The van der Waals surface area contributed by atoms with Gasteiger partial charge in [0.15, 0.2) is 0 Å². The zero-order chi connectivity index (χ0) is 17.1. The van der Waals surface area contributed by atoms with E-state index < -0.39 is 23.6 Å². The van der Waals surface area contributed by atoms with Crippen molar-refractivity contribution >= 4 is 18.1 Å². The number of nitrogens with zero attached hydrogens (tertiary/aromatic N) is 1. The molecule has 0 aromatic heterocycles. The van der Waals surface area contributed by atoms with Crippen molar-refractivity contribution in [3.05, 3.63) is 0 Å². The number of carbonyl (C=O) groups excluding carboxylic acids is 2. The number of methoxy groups -OCH3 is 1. The molecule has 0 bridgehead atoms. The Kier molecular flexibility index (Phi) is 5.79. The summed E-state index contributed by atoms with van der Waals surface area (Å²) in [5.41, 5.74) is -0.514. The molecule has 3 N–H and O–H groups in total. The minimum Gasteiger partial charge on any atom is -0.468 e. The van der Waals surface area contributed by atoms with Crippen molar-refractivity contribution in [2.75, 3.05) is 7.11 Å². The number of nitrogens with one attached hydrogen (secondary N) is 3. The lowest BCUT2D eigenvalue weighted by atomic mass is 10.0. The van der Waals surface area contributed by atoms with E-state index >= 15 is 0 Å². The first kappa shape index (κ1) is 18.3. The van der Waals surface area contributed by atoms with Crippen LogP contribution in [-0.4, -0.2) is 41.7 Å². The molecule has 1 rings (SSSR count). The second kappa shape index (κ2) is 6.98. The van der Waals surface area contributed by atoms with Gasteiger partial charge in [-0.05, 0) is 45.4 Å². The standard InChI is InChI=1S/C15H28N4O3/c1-9-7-11(8-10(9)2)17-13(20)19(12(16)22-6)14(21)18-15(3,4)5/h9-11,16H,7-8H2,1-6H3,(H,17,20)(H,18,21). The van der Waals surface area contributed by atoms with E-state index in [4.69, 9.17) is 10.1 Å². The lowest BCUT2D eigenvalue weighted by Crippen LogP contribution is -2.56. The third kappa shape index (κ3) is 4.89. The summed E-state index contributed by atoms with van der Waals surface area (Å²) in [5.74, 6) is 1.06. The molecule has 0 aliphatic heterocycles. The zero-order valence-electron chi connectivity index (χ0n) is 14.3. The monoisotopic (exact) mass is 312 g/mol. The first-order valence-corrected chi connectivity index (χ1v) is 7.60. The fourth-order valence-electron chi connectivity index (χ4n) is 2.56. The number of amidine groups is 1. The van der Waals surface area contributed by atoms with Crippen LogP contribution in [0.3, 0.4) is 0 Å². The fourth-order valence-corrected chi connectivity index (χ4v) is 2.56. The first-order chi connectivity index (χ1) is 10.0. The molecule has 22 heavy (non-hydrogen) atoms. The highest BCUT2D eigenvalue weighted by atomic mass is 16.5. The minimum absolute atomic E-state index is 0.0205. The molecule has 0 heterocycles. The Morgan fingerprint density at radius 2 is 1.64 bits per heavy atom. The van der Waals surface area contributed by atoms with Gasteiger partial charge in [-0.25, -0.2) is 9.59 Å². The van der Waals surface area contributed by atoms with Crippen LogP contribution in [0.15, 0.2) is 0 Å². The summed E-state index contributed by atoms with van der Waals surface area (Å²) < 4.78 is 4.76. The van der Waals surface area contributed by atoms with E-state index in [0.29, 0.717) is 16.7 Å². The van der Waals surface area contributed by atoms with Crippen molar-refractivity contribution in [2.24, 2.45) is 11.8 Å². The van der Waals surface area contributed by atoms with Gasteiger partial charge in [0.1, 0.15) is 0 Å². The number of hydrogen-bond donors (Lipinski definition) is 3. The molecule has 0 aromatic rings. The fraction of sp³-hybridized carbons (Fsp3) is 0.800. The van der Waals surface area contributed by atoms with Gasteiger partial charge in [-0.3, -0.25) is 5.41 Å². The van der Waals surface area contributed by atoms with Crippen LogP contribution < -0.4 is 10.6 Å². The van der Waals surface area contributed by atoms with Crippen LogP contribution in [0.1, 0.15) is 47.5 Å². The van der Waals surface area contributed by atoms with Gasteiger partial charge in [0.2, 0.25) is 0 Å². The van der Waals surface area contributed by atoms with Crippen molar-refractivity contribution in [2.45, 2.75) is 59.0 Å². The van der Waals surface area contributed by atoms with Crippen molar-refractivity contribution in [3.63, 3.8) is 0 Å². The second-order valence-electron chi connectivity index (χ2n) is 7.10. The van der Waals surface area contributed by atoms with Crippen LogP contribution in [-0.2, 0) is 4.74 Å². The van der Waals surface area contributed by atoms with Gasteiger partial charge < -0.3 is 15.4 Å². The summed E-state index contributed by atoms with van der Waals surface area (Å²) in [6.45, 7) is 9.71. The molecule has 4 amide bonds. The maximum atomic E-state index is 12.4. The Morgan fingerprint density at radius 1 is 1.14 bits per heavy atom. The summed E-state index contributed by atoms with van der Waals surface area (Å²) >= 11 is 0. The Morgan fingerprint density at radius 3 is 2.05 bits per heavy atom. The zero-order valence-corrected chi connectivity index (χ0v) is 14.3. The Labute approximate surface area is 132 Å². The van der Waals surface area contributed by atoms with Crippen LogP contribution in [0.25, 0.3) is 0 Å². The molecule has 126 valence electrons. The Bertz CT molecular complexity index is 435. The third-order valence-corrected chi connectivity index (χ3v) is 3.90. The molecule has 0 spiro atoms. The lowest BCUT2D eigenvalue weighted by Gasteiger charge is -2.27.